The number of nitrogens with one attached hydrogen (secondary N) is 1. The van der Waals surface area contributed by atoms with Crippen molar-refractivity contribution in [2.45, 2.75) is 25.4 Å². The maximum absolute atomic E-state index is 14.8. The van der Waals surface area contributed by atoms with Crippen LogP contribution >= 0.6 is 0 Å². The number of halogens is 1. The van der Waals surface area contributed by atoms with Gasteiger partial charge in [0.05, 0.1) is 57.4 Å². The maximum atomic E-state index is 14.8. The van der Waals surface area contributed by atoms with Gasteiger partial charge in [0.2, 0.25) is 0 Å². The van der Waals surface area contributed by atoms with E-state index >= 15 is 0 Å². The van der Waals surface area contributed by atoms with Crippen LogP contribution in [0.1, 0.15) is 43.2 Å². The van der Waals surface area contributed by atoms with Gasteiger partial charge in [0.15, 0.2) is 5.82 Å². The minimum atomic E-state index is -2.55. The zero-order valence-corrected chi connectivity index (χ0v) is 16.1. The molecular formula is C22H19FN6O2. The number of anilines is 1. The van der Waals surface area contributed by atoms with E-state index in [-0.39, 0.29) is 39.6 Å². The molecule has 1 amide bonds. The fraction of sp³-hybridized carbons (Fsp3) is 0.273. The van der Waals surface area contributed by atoms with Gasteiger partial charge in [-0.2, -0.15) is 10.4 Å². The first-order chi connectivity index (χ1) is 17.1. The summed E-state index contributed by atoms with van der Waals surface area (Å²) < 4.78 is 65.5. The van der Waals surface area contributed by atoms with E-state index in [1.54, 1.807) is 0 Å². The number of amides is 1. The summed E-state index contributed by atoms with van der Waals surface area (Å²) in [7, 11) is 0. The summed E-state index contributed by atoms with van der Waals surface area (Å²) in [4.78, 5) is 17.6. The number of rotatable bonds is 3. The van der Waals surface area contributed by atoms with E-state index < -0.39 is 43.2 Å². The van der Waals surface area contributed by atoms with Gasteiger partial charge in [-0.25, -0.2) is 14.1 Å². The molecule has 2 N–H and O–H groups in total. The number of benzene rings is 1. The Labute approximate surface area is 186 Å². The predicted octanol–water partition coefficient (Wildman–Crippen LogP) is 2.15. The second kappa shape index (κ2) is 6.89. The van der Waals surface area contributed by atoms with Crippen molar-refractivity contribution in [2.24, 2.45) is 0 Å². The SMILES string of the molecule is [2H]C1([2H])NC(=O)c2c(-n3ccc(N4C([2H])([2H])C[C@](C)(O)C4([2H])[2H])n3)cc(-c3c(F)cccc3C#N)nc21. The molecular weight excluding hydrogens is 399 g/mol. The molecule has 31 heavy (non-hydrogen) atoms. The molecule has 2 aliphatic heterocycles. The highest BCUT2D eigenvalue weighted by Gasteiger charge is 2.33. The molecule has 3 aromatic rings. The summed E-state index contributed by atoms with van der Waals surface area (Å²) >= 11 is 0. The second-order valence-corrected chi connectivity index (χ2v) is 7.28. The van der Waals surface area contributed by atoms with Crippen LogP contribution in [-0.4, -0.2) is 44.4 Å². The zero-order chi connectivity index (χ0) is 27.1. The quantitative estimate of drug-likeness (QED) is 0.667. The Hall–Kier alpha value is -3.77. The van der Waals surface area contributed by atoms with Crippen molar-refractivity contribution in [1.29, 1.82) is 5.26 Å². The van der Waals surface area contributed by atoms with E-state index in [0.717, 1.165) is 10.7 Å². The number of hydrogen-bond acceptors (Lipinski definition) is 6. The van der Waals surface area contributed by atoms with Gasteiger partial charge < -0.3 is 15.3 Å². The van der Waals surface area contributed by atoms with Gasteiger partial charge in [-0.15, -0.1) is 0 Å². The Bertz CT molecular complexity index is 1520. The summed E-state index contributed by atoms with van der Waals surface area (Å²) in [6, 6.07) is 8.19. The Kier molecular flexibility index (Phi) is 3.00. The van der Waals surface area contributed by atoms with E-state index in [1.165, 1.54) is 37.4 Å². The fourth-order valence-electron chi connectivity index (χ4n) is 3.47. The Morgan fingerprint density at radius 2 is 2.23 bits per heavy atom. The molecule has 0 radical (unpaired) electrons. The average Bonchev–Trinajstić information content (AvgIpc) is 3.37. The van der Waals surface area contributed by atoms with E-state index in [0.29, 0.717) is 4.90 Å². The summed E-state index contributed by atoms with van der Waals surface area (Å²) in [6.07, 6.45) is 0.753. The number of nitrogens with zero attached hydrogens (tertiary/aromatic N) is 5. The summed E-state index contributed by atoms with van der Waals surface area (Å²) in [5.74, 6) is -1.82. The number of hydrogen-bond donors (Lipinski definition) is 2. The van der Waals surface area contributed by atoms with Crippen LogP contribution in [0, 0.1) is 17.1 Å². The van der Waals surface area contributed by atoms with Crippen molar-refractivity contribution in [3.8, 4) is 23.0 Å². The topological polar surface area (TPSA) is 107 Å². The molecule has 0 bridgehead atoms. The number of carbonyl (C=O) groups is 1. The number of aromatic nitrogens is 3. The number of aliphatic hydroxyl groups is 1. The van der Waals surface area contributed by atoms with Crippen molar-refractivity contribution >= 4 is 11.7 Å². The van der Waals surface area contributed by atoms with Gasteiger partial charge in [0, 0.05) is 28.0 Å². The third-order valence-electron chi connectivity index (χ3n) is 4.90. The van der Waals surface area contributed by atoms with Gasteiger partial charge in [-0.05, 0) is 31.5 Å². The largest absolute Gasteiger partial charge is 0.388 e. The van der Waals surface area contributed by atoms with Crippen molar-refractivity contribution in [3.05, 3.63) is 59.2 Å². The summed E-state index contributed by atoms with van der Waals surface area (Å²) in [5.41, 5.74) is -3.08. The third-order valence-corrected chi connectivity index (χ3v) is 4.90. The Morgan fingerprint density at radius 3 is 2.97 bits per heavy atom. The molecule has 0 spiro atoms. The molecule has 0 saturated carbocycles. The Morgan fingerprint density at radius 1 is 1.39 bits per heavy atom. The molecule has 8 nitrogen and oxygen atoms in total. The highest BCUT2D eigenvalue weighted by atomic mass is 19.1. The molecule has 5 rings (SSSR count). The summed E-state index contributed by atoms with van der Waals surface area (Å²) in [6.45, 7) is -6.11. The number of fused-ring (bicyclic) bond motifs is 1. The normalized spacial score (nSPS) is 27.7. The fourth-order valence-corrected chi connectivity index (χ4v) is 3.47. The van der Waals surface area contributed by atoms with E-state index in [4.69, 9.17) is 8.22 Å². The van der Waals surface area contributed by atoms with Crippen LogP contribution in [0.15, 0.2) is 36.5 Å². The molecule has 2 aromatic heterocycles. The molecule has 1 fully saturated rings. The van der Waals surface area contributed by atoms with Crippen LogP contribution < -0.4 is 10.2 Å². The zero-order valence-electron chi connectivity index (χ0n) is 22.1. The van der Waals surface area contributed by atoms with Crippen LogP contribution in [0.2, 0.25) is 0 Å². The van der Waals surface area contributed by atoms with Crippen molar-refractivity contribution in [1.82, 2.24) is 20.1 Å². The van der Waals surface area contributed by atoms with E-state index in [9.17, 15) is 19.6 Å². The smallest absolute Gasteiger partial charge is 0.255 e. The van der Waals surface area contributed by atoms with Crippen LogP contribution in [0.25, 0.3) is 16.9 Å². The van der Waals surface area contributed by atoms with Crippen LogP contribution in [0.4, 0.5) is 10.2 Å². The second-order valence-electron chi connectivity index (χ2n) is 7.28. The third kappa shape index (κ3) is 3.21. The molecule has 4 heterocycles. The predicted molar refractivity (Wildman–Crippen MR) is 110 cm³/mol. The number of carbonyl (C=O) groups excluding carboxylic acids is 1. The number of β-amino-alcohol motifs (C(OH)–C–C–N with tert-alkyl or cyclic N) is 1. The molecule has 0 unspecified atom stereocenters. The van der Waals surface area contributed by atoms with Crippen LogP contribution in [-0.2, 0) is 6.50 Å². The van der Waals surface area contributed by atoms with Gasteiger partial charge >= 0.3 is 0 Å². The Balaban J connectivity index is 1.73. The van der Waals surface area contributed by atoms with Crippen molar-refractivity contribution in [2.75, 3.05) is 17.9 Å². The first-order valence-corrected chi connectivity index (χ1v) is 9.26. The minimum Gasteiger partial charge on any atom is -0.388 e. The lowest BCUT2D eigenvalue weighted by Gasteiger charge is -2.18. The van der Waals surface area contributed by atoms with E-state index in [2.05, 4.69) is 15.4 Å². The molecule has 1 saturated heterocycles. The van der Waals surface area contributed by atoms with Gasteiger partial charge in [-0.1, -0.05) is 6.07 Å². The minimum absolute atomic E-state index is 0.0515. The van der Waals surface area contributed by atoms with Crippen LogP contribution in [0.5, 0.6) is 0 Å². The average molecular weight is 424 g/mol. The van der Waals surface area contributed by atoms with Crippen molar-refractivity contribution in [3.63, 3.8) is 0 Å². The standard InChI is InChI=1S/C22H19FN6O2/c1-22(31)6-8-28(12-22)18-5-7-29(27-18)17-9-15(26-16-11-25-21(30)20(16)17)19-13(10-24)3-2-4-14(19)23/h2-5,7,9,31H,6,8,11-12H2,1H3,(H,25,30)/t22-/m0/s1/i8D2,11D2,12D2. The lowest BCUT2D eigenvalue weighted by Crippen LogP contribution is -2.29. The lowest BCUT2D eigenvalue weighted by atomic mass is 10.0. The van der Waals surface area contributed by atoms with Crippen molar-refractivity contribution < 1.29 is 22.5 Å². The van der Waals surface area contributed by atoms with Gasteiger partial charge in [0.25, 0.3) is 5.91 Å². The summed E-state index contributed by atoms with van der Waals surface area (Å²) in [5, 5.41) is 26.4. The van der Waals surface area contributed by atoms with Gasteiger partial charge in [-0.3, -0.25) is 4.79 Å². The molecule has 0 aliphatic carbocycles. The number of pyridine rings is 1. The first kappa shape index (κ1) is 13.5. The lowest BCUT2D eigenvalue weighted by molar-refractivity contribution is 0.0838. The van der Waals surface area contributed by atoms with E-state index in [1.807, 2.05) is 6.07 Å². The molecule has 156 valence electrons. The highest BCUT2D eigenvalue weighted by Crippen LogP contribution is 2.32. The molecule has 1 aromatic carbocycles. The first-order valence-electron chi connectivity index (χ1n) is 12.3. The molecule has 9 heteroatoms. The monoisotopic (exact) mass is 424 g/mol. The maximum Gasteiger partial charge on any atom is 0.255 e. The highest BCUT2D eigenvalue weighted by molar-refractivity contribution is 6.01. The van der Waals surface area contributed by atoms with Gasteiger partial charge in [0.1, 0.15) is 5.82 Å². The molecule has 1 atom stereocenters. The molecule has 2 aliphatic rings. The van der Waals surface area contributed by atoms with Crippen LogP contribution in [0.3, 0.4) is 0 Å². The number of nitriles is 1.